The largest absolute Gasteiger partial charge is 0.461 e. The third-order valence-electron chi connectivity index (χ3n) is 5.75. The number of fused-ring (bicyclic) bond motifs is 1. The van der Waals surface area contributed by atoms with Gasteiger partial charge in [0, 0.05) is 19.2 Å². The van der Waals surface area contributed by atoms with Crippen molar-refractivity contribution in [2.45, 2.75) is 39.0 Å². The maximum atomic E-state index is 13.5. The number of esters is 1. The molecule has 0 saturated heterocycles. The van der Waals surface area contributed by atoms with Gasteiger partial charge in [-0.2, -0.15) is 5.10 Å². The van der Waals surface area contributed by atoms with Gasteiger partial charge in [-0.05, 0) is 25.0 Å². The fourth-order valence-electron chi connectivity index (χ4n) is 3.93. The van der Waals surface area contributed by atoms with Crippen molar-refractivity contribution in [1.29, 1.82) is 0 Å². The van der Waals surface area contributed by atoms with E-state index in [1.807, 2.05) is 60.7 Å². The second kappa shape index (κ2) is 9.28. The third-order valence-corrected chi connectivity index (χ3v) is 5.75. The normalized spacial score (nSPS) is 17.4. The van der Waals surface area contributed by atoms with Gasteiger partial charge in [0.2, 0.25) is 5.91 Å². The molecule has 0 aliphatic carbocycles. The topological polar surface area (TPSA) is 93.5 Å². The molecule has 0 fully saturated rings. The molecule has 0 spiro atoms. The fourth-order valence-corrected chi connectivity index (χ4v) is 3.93. The SMILES string of the molecule is CCOC(=O)c1cc2n(n1)CC(C)(C(=O)NCc1ccccc1)N(Cc1ccccc1)C2=O. The molecule has 1 aromatic heterocycles. The molecule has 2 aromatic carbocycles. The zero-order valence-electron chi connectivity index (χ0n) is 18.7. The van der Waals surface area contributed by atoms with Crippen LogP contribution in [-0.2, 0) is 29.2 Å². The van der Waals surface area contributed by atoms with E-state index in [0.717, 1.165) is 11.1 Å². The Morgan fingerprint density at radius 2 is 1.70 bits per heavy atom. The van der Waals surface area contributed by atoms with Crippen LogP contribution in [-0.4, -0.2) is 44.6 Å². The average molecular weight is 447 g/mol. The molecule has 1 aliphatic rings. The molecule has 3 aromatic rings. The number of hydrogen-bond acceptors (Lipinski definition) is 5. The van der Waals surface area contributed by atoms with Crippen LogP contribution in [0.15, 0.2) is 66.7 Å². The van der Waals surface area contributed by atoms with Crippen LogP contribution in [0.2, 0.25) is 0 Å². The summed E-state index contributed by atoms with van der Waals surface area (Å²) in [4.78, 5) is 40.7. The van der Waals surface area contributed by atoms with Gasteiger partial charge >= 0.3 is 5.97 Å². The summed E-state index contributed by atoms with van der Waals surface area (Å²) in [7, 11) is 0. The van der Waals surface area contributed by atoms with Gasteiger partial charge in [-0.3, -0.25) is 14.3 Å². The lowest BCUT2D eigenvalue weighted by molar-refractivity contribution is -0.133. The summed E-state index contributed by atoms with van der Waals surface area (Å²) in [6, 6.07) is 20.5. The maximum absolute atomic E-state index is 13.5. The summed E-state index contributed by atoms with van der Waals surface area (Å²) in [5, 5.41) is 7.23. The molecule has 1 unspecified atom stereocenters. The van der Waals surface area contributed by atoms with Crippen molar-refractivity contribution in [2.75, 3.05) is 6.61 Å². The highest BCUT2D eigenvalue weighted by Gasteiger charge is 2.48. The number of carbonyl (C=O) groups excluding carboxylic acids is 3. The zero-order chi connectivity index (χ0) is 23.4. The number of amides is 2. The number of aromatic nitrogens is 2. The monoisotopic (exact) mass is 446 g/mol. The van der Waals surface area contributed by atoms with E-state index in [9.17, 15) is 14.4 Å². The van der Waals surface area contributed by atoms with Crippen molar-refractivity contribution in [3.8, 4) is 0 Å². The highest BCUT2D eigenvalue weighted by atomic mass is 16.5. The first-order valence-electron chi connectivity index (χ1n) is 10.9. The van der Waals surface area contributed by atoms with Crippen LogP contribution >= 0.6 is 0 Å². The van der Waals surface area contributed by atoms with Gasteiger partial charge in [0.05, 0.1) is 13.2 Å². The van der Waals surface area contributed by atoms with Gasteiger partial charge in [0.1, 0.15) is 11.2 Å². The molecule has 1 atom stereocenters. The van der Waals surface area contributed by atoms with E-state index in [0.29, 0.717) is 6.54 Å². The molecule has 170 valence electrons. The van der Waals surface area contributed by atoms with Crippen molar-refractivity contribution in [1.82, 2.24) is 20.0 Å². The van der Waals surface area contributed by atoms with Crippen LogP contribution in [0.3, 0.4) is 0 Å². The summed E-state index contributed by atoms with van der Waals surface area (Å²) in [5.74, 6) is -1.27. The van der Waals surface area contributed by atoms with Gasteiger partial charge in [0.15, 0.2) is 5.69 Å². The molecular formula is C25H26N4O4. The van der Waals surface area contributed by atoms with Gasteiger partial charge in [-0.25, -0.2) is 4.79 Å². The Kier molecular flexibility index (Phi) is 6.26. The van der Waals surface area contributed by atoms with Crippen LogP contribution in [0.25, 0.3) is 0 Å². The number of hydrogen-bond donors (Lipinski definition) is 1. The Bertz CT molecular complexity index is 1160. The first kappa shape index (κ1) is 22.3. The predicted molar refractivity (Wildman–Crippen MR) is 121 cm³/mol. The van der Waals surface area contributed by atoms with Crippen molar-refractivity contribution in [3.63, 3.8) is 0 Å². The molecule has 0 bridgehead atoms. The number of nitrogens with one attached hydrogen (secondary N) is 1. The first-order chi connectivity index (χ1) is 15.9. The Balaban J connectivity index is 1.66. The smallest absolute Gasteiger partial charge is 0.358 e. The molecular weight excluding hydrogens is 420 g/mol. The molecule has 0 radical (unpaired) electrons. The molecule has 1 aliphatic heterocycles. The first-order valence-corrected chi connectivity index (χ1v) is 10.9. The van der Waals surface area contributed by atoms with E-state index in [-0.39, 0.29) is 42.9 Å². The van der Waals surface area contributed by atoms with Crippen LogP contribution < -0.4 is 5.32 Å². The van der Waals surface area contributed by atoms with Crippen LogP contribution in [0.1, 0.15) is 46.0 Å². The number of ether oxygens (including phenoxy) is 1. The molecule has 8 nitrogen and oxygen atoms in total. The Labute approximate surface area is 192 Å². The van der Waals surface area contributed by atoms with E-state index >= 15 is 0 Å². The lowest BCUT2D eigenvalue weighted by Gasteiger charge is -2.43. The number of benzene rings is 2. The summed E-state index contributed by atoms with van der Waals surface area (Å²) in [6.07, 6.45) is 0. The second-order valence-corrected chi connectivity index (χ2v) is 8.11. The highest BCUT2D eigenvalue weighted by molar-refractivity contribution is 6.01. The van der Waals surface area contributed by atoms with E-state index in [2.05, 4.69) is 10.4 Å². The summed E-state index contributed by atoms with van der Waals surface area (Å²) in [5.41, 5.74) is 0.936. The molecule has 0 saturated carbocycles. The van der Waals surface area contributed by atoms with Crippen molar-refractivity contribution >= 4 is 17.8 Å². The number of carbonyl (C=O) groups is 3. The third kappa shape index (κ3) is 4.50. The molecule has 33 heavy (non-hydrogen) atoms. The van der Waals surface area contributed by atoms with E-state index in [4.69, 9.17) is 4.74 Å². The van der Waals surface area contributed by atoms with Gasteiger partial charge in [0.25, 0.3) is 5.91 Å². The quantitative estimate of drug-likeness (QED) is 0.564. The van der Waals surface area contributed by atoms with Crippen molar-refractivity contribution in [2.24, 2.45) is 0 Å². The molecule has 2 amide bonds. The standard InChI is InChI=1S/C25H26N4O4/c1-3-33-23(31)20-14-21-22(30)28(16-19-12-8-5-9-13-19)25(2,17-29(21)27-20)24(32)26-15-18-10-6-4-7-11-18/h4-14H,3,15-17H2,1-2H3,(H,26,32). The average Bonchev–Trinajstić information content (AvgIpc) is 3.26. The summed E-state index contributed by atoms with van der Waals surface area (Å²) in [6.45, 7) is 4.32. The lowest BCUT2D eigenvalue weighted by atomic mass is 9.94. The minimum atomic E-state index is -1.22. The minimum Gasteiger partial charge on any atom is -0.461 e. The van der Waals surface area contributed by atoms with Crippen LogP contribution in [0.4, 0.5) is 0 Å². The highest BCUT2D eigenvalue weighted by Crippen LogP contribution is 2.29. The predicted octanol–water partition coefficient (Wildman–Crippen LogP) is 2.79. The number of nitrogens with zero attached hydrogens (tertiary/aromatic N) is 3. The van der Waals surface area contributed by atoms with Gasteiger partial charge in [-0.15, -0.1) is 0 Å². The Morgan fingerprint density at radius 3 is 2.33 bits per heavy atom. The molecule has 2 heterocycles. The van der Waals surface area contributed by atoms with E-state index < -0.39 is 11.5 Å². The molecule has 4 rings (SSSR count). The van der Waals surface area contributed by atoms with Crippen molar-refractivity contribution < 1.29 is 19.1 Å². The Hall–Kier alpha value is -3.94. The van der Waals surface area contributed by atoms with Gasteiger partial charge < -0.3 is 15.0 Å². The van der Waals surface area contributed by atoms with E-state index in [1.54, 1.807) is 18.7 Å². The molecule has 8 heteroatoms. The lowest BCUT2D eigenvalue weighted by Crippen LogP contribution is -2.63. The zero-order valence-corrected chi connectivity index (χ0v) is 18.7. The van der Waals surface area contributed by atoms with Gasteiger partial charge in [-0.1, -0.05) is 60.7 Å². The Morgan fingerprint density at radius 1 is 1.06 bits per heavy atom. The van der Waals surface area contributed by atoms with Crippen LogP contribution in [0, 0.1) is 0 Å². The molecule has 1 N–H and O–H groups in total. The van der Waals surface area contributed by atoms with Crippen molar-refractivity contribution in [3.05, 3.63) is 89.2 Å². The van der Waals surface area contributed by atoms with E-state index in [1.165, 1.54) is 10.7 Å². The summed E-state index contributed by atoms with van der Waals surface area (Å²) < 4.78 is 6.46. The summed E-state index contributed by atoms with van der Waals surface area (Å²) >= 11 is 0. The second-order valence-electron chi connectivity index (χ2n) is 8.11. The maximum Gasteiger partial charge on any atom is 0.358 e. The number of rotatable bonds is 7. The minimum absolute atomic E-state index is 0.0498. The fraction of sp³-hybridized carbons (Fsp3) is 0.280. The van der Waals surface area contributed by atoms with Crippen LogP contribution in [0.5, 0.6) is 0 Å².